The second-order valence-corrected chi connectivity index (χ2v) is 4.88. The number of ether oxygens (including phenoxy) is 3. The number of halogens is 3. The summed E-state index contributed by atoms with van der Waals surface area (Å²) < 4.78 is 51.9. The summed E-state index contributed by atoms with van der Waals surface area (Å²) in [5.74, 6) is 0.615. The molecule has 1 N–H and O–H groups in total. The molecule has 0 saturated heterocycles. The largest absolute Gasteiger partial charge is 0.454 e. The van der Waals surface area contributed by atoms with Crippen LogP contribution in [0.3, 0.4) is 0 Å². The first-order valence-corrected chi connectivity index (χ1v) is 6.79. The van der Waals surface area contributed by atoms with Gasteiger partial charge in [0.25, 0.3) is 5.91 Å². The van der Waals surface area contributed by atoms with E-state index in [1.807, 2.05) is 0 Å². The zero-order valence-corrected chi connectivity index (χ0v) is 12.2. The normalized spacial score (nSPS) is 13.1. The van der Waals surface area contributed by atoms with Crippen molar-refractivity contribution >= 4 is 11.6 Å². The Kier molecular flexibility index (Phi) is 4.30. The fourth-order valence-electron chi connectivity index (χ4n) is 1.99. The lowest BCUT2D eigenvalue weighted by atomic mass is 10.2. The number of hydrogen-bond acceptors (Lipinski definition) is 5. The Labute approximate surface area is 133 Å². The molecular weight excluding hydrogens is 331 g/mol. The van der Waals surface area contributed by atoms with Crippen molar-refractivity contribution in [2.75, 3.05) is 18.7 Å². The lowest BCUT2D eigenvalue weighted by Crippen LogP contribution is -2.18. The second-order valence-electron chi connectivity index (χ2n) is 4.88. The summed E-state index contributed by atoms with van der Waals surface area (Å²) in [5.41, 5.74) is 0.675. The van der Waals surface area contributed by atoms with E-state index in [0.29, 0.717) is 22.7 Å². The number of aromatic nitrogens is 2. The minimum atomic E-state index is -4.40. The van der Waals surface area contributed by atoms with E-state index in [1.54, 1.807) is 12.1 Å². The van der Waals surface area contributed by atoms with Crippen molar-refractivity contribution in [1.82, 2.24) is 9.78 Å². The molecule has 1 aliphatic rings. The molecule has 128 valence electrons. The number of nitrogens with zero attached hydrogens (tertiary/aromatic N) is 2. The van der Waals surface area contributed by atoms with Gasteiger partial charge in [-0.2, -0.15) is 18.3 Å². The SMILES string of the molecule is O=C(Nc1cnn(COCC(F)(F)F)c1)c1ccc2c(c1)OCO2. The molecule has 24 heavy (non-hydrogen) atoms. The third-order valence-electron chi connectivity index (χ3n) is 3.02. The summed E-state index contributed by atoms with van der Waals surface area (Å²) in [6.07, 6.45) is -1.73. The van der Waals surface area contributed by atoms with Gasteiger partial charge in [-0.05, 0) is 18.2 Å². The summed E-state index contributed by atoms with van der Waals surface area (Å²) in [5, 5.41) is 6.39. The molecule has 0 radical (unpaired) electrons. The van der Waals surface area contributed by atoms with Crippen LogP contribution in [0.15, 0.2) is 30.6 Å². The molecule has 1 amide bonds. The number of rotatable bonds is 5. The third-order valence-corrected chi connectivity index (χ3v) is 3.02. The standard InChI is InChI=1S/C14H12F3N3O4/c15-14(16,17)6-22-7-20-5-10(4-18-20)19-13(21)9-1-2-11-12(3-9)24-8-23-11/h1-5H,6-8H2,(H,19,21). The molecule has 0 fully saturated rings. The van der Waals surface area contributed by atoms with E-state index in [-0.39, 0.29) is 13.5 Å². The molecule has 1 aromatic carbocycles. The molecular formula is C14H12F3N3O4. The maximum absolute atomic E-state index is 12.1. The molecule has 1 aromatic heterocycles. The van der Waals surface area contributed by atoms with E-state index >= 15 is 0 Å². The van der Waals surface area contributed by atoms with Crippen molar-refractivity contribution in [3.63, 3.8) is 0 Å². The number of carbonyl (C=O) groups is 1. The van der Waals surface area contributed by atoms with Gasteiger partial charge in [0.05, 0.1) is 18.1 Å². The Bertz CT molecular complexity index is 745. The van der Waals surface area contributed by atoms with Crippen LogP contribution < -0.4 is 14.8 Å². The Balaban J connectivity index is 1.57. The predicted molar refractivity (Wildman–Crippen MR) is 74.8 cm³/mol. The van der Waals surface area contributed by atoms with Gasteiger partial charge in [0.1, 0.15) is 13.3 Å². The van der Waals surface area contributed by atoms with Crippen LogP contribution in [0.1, 0.15) is 10.4 Å². The Hall–Kier alpha value is -2.75. The molecule has 0 unspecified atom stereocenters. The minimum Gasteiger partial charge on any atom is -0.454 e. The minimum absolute atomic E-state index is 0.102. The van der Waals surface area contributed by atoms with Crippen LogP contribution in [0.2, 0.25) is 0 Å². The average molecular weight is 343 g/mol. The van der Waals surface area contributed by atoms with Crippen LogP contribution >= 0.6 is 0 Å². The van der Waals surface area contributed by atoms with Crippen LogP contribution in [0.4, 0.5) is 18.9 Å². The molecule has 0 atom stereocenters. The zero-order valence-electron chi connectivity index (χ0n) is 12.2. The fourth-order valence-corrected chi connectivity index (χ4v) is 1.99. The summed E-state index contributed by atoms with van der Waals surface area (Å²) in [6.45, 7) is -1.64. The monoisotopic (exact) mass is 343 g/mol. The van der Waals surface area contributed by atoms with Gasteiger partial charge in [0, 0.05) is 5.56 Å². The fraction of sp³-hybridized carbons (Fsp3) is 0.286. The van der Waals surface area contributed by atoms with Gasteiger partial charge >= 0.3 is 6.18 Å². The summed E-state index contributed by atoms with van der Waals surface area (Å²) in [6, 6.07) is 4.72. The summed E-state index contributed by atoms with van der Waals surface area (Å²) >= 11 is 0. The van der Waals surface area contributed by atoms with E-state index in [2.05, 4.69) is 15.2 Å². The smallest absolute Gasteiger partial charge is 0.411 e. The van der Waals surface area contributed by atoms with Crippen molar-refractivity contribution < 1.29 is 32.2 Å². The molecule has 2 aromatic rings. The Morgan fingerprint density at radius 2 is 2.12 bits per heavy atom. The number of hydrogen-bond donors (Lipinski definition) is 1. The number of alkyl halides is 3. The molecule has 2 heterocycles. The molecule has 0 spiro atoms. The lowest BCUT2D eigenvalue weighted by Gasteiger charge is -2.07. The number of carbonyl (C=O) groups excluding carboxylic acids is 1. The summed E-state index contributed by atoms with van der Waals surface area (Å²) in [4.78, 5) is 12.1. The molecule has 1 aliphatic heterocycles. The first-order chi connectivity index (χ1) is 11.4. The third kappa shape index (κ3) is 3.96. The number of anilines is 1. The molecule has 7 nitrogen and oxygen atoms in total. The lowest BCUT2D eigenvalue weighted by molar-refractivity contribution is -0.182. The second kappa shape index (κ2) is 6.40. The van der Waals surface area contributed by atoms with Crippen molar-refractivity contribution in [3.8, 4) is 11.5 Å². The number of benzene rings is 1. The predicted octanol–water partition coefficient (Wildman–Crippen LogP) is 2.40. The van der Waals surface area contributed by atoms with Crippen molar-refractivity contribution in [2.45, 2.75) is 12.9 Å². The number of amides is 1. The van der Waals surface area contributed by atoms with Gasteiger partial charge in [-0.3, -0.25) is 4.79 Å². The summed E-state index contributed by atoms with van der Waals surface area (Å²) in [7, 11) is 0. The Morgan fingerprint density at radius 1 is 1.33 bits per heavy atom. The highest BCUT2D eigenvalue weighted by Gasteiger charge is 2.27. The van der Waals surface area contributed by atoms with Crippen LogP contribution in [0.5, 0.6) is 11.5 Å². The topological polar surface area (TPSA) is 74.6 Å². The maximum Gasteiger partial charge on any atom is 0.411 e. The van der Waals surface area contributed by atoms with Crippen LogP contribution in [0, 0.1) is 0 Å². The van der Waals surface area contributed by atoms with E-state index in [9.17, 15) is 18.0 Å². The van der Waals surface area contributed by atoms with Gasteiger partial charge in [0.15, 0.2) is 11.5 Å². The van der Waals surface area contributed by atoms with Crippen molar-refractivity contribution in [1.29, 1.82) is 0 Å². The molecule has 3 rings (SSSR count). The van der Waals surface area contributed by atoms with Gasteiger partial charge < -0.3 is 19.5 Å². The highest BCUT2D eigenvalue weighted by atomic mass is 19.4. The molecule has 10 heteroatoms. The van der Waals surface area contributed by atoms with Gasteiger partial charge in [-0.25, -0.2) is 4.68 Å². The highest BCUT2D eigenvalue weighted by Crippen LogP contribution is 2.32. The van der Waals surface area contributed by atoms with Gasteiger partial charge in [0.2, 0.25) is 6.79 Å². The zero-order chi connectivity index (χ0) is 17.2. The molecule has 0 aliphatic carbocycles. The van der Waals surface area contributed by atoms with Crippen LogP contribution in [-0.2, 0) is 11.5 Å². The van der Waals surface area contributed by atoms with Crippen LogP contribution in [-0.4, -0.2) is 35.3 Å². The number of nitrogens with one attached hydrogen (secondary N) is 1. The first kappa shape index (κ1) is 16.1. The molecule has 0 bridgehead atoms. The number of fused-ring (bicyclic) bond motifs is 1. The maximum atomic E-state index is 12.1. The average Bonchev–Trinajstić information content (AvgIpc) is 3.14. The van der Waals surface area contributed by atoms with Gasteiger partial charge in [-0.1, -0.05) is 0 Å². The van der Waals surface area contributed by atoms with Crippen molar-refractivity contribution in [3.05, 3.63) is 36.2 Å². The van der Waals surface area contributed by atoms with E-state index < -0.39 is 18.7 Å². The Morgan fingerprint density at radius 3 is 2.92 bits per heavy atom. The van der Waals surface area contributed by atoms with Gasteiger partial charge in [-0.15, -0.1) is 0 Å². The van der Waals surface area contributed by atoms with Crippen LogP contribution in [0.25, 0.3) is 0 Å². The van der Waals surface area contributed by atoms with E-state index in [0.717, 1.165) is 4.68 Å². The quantitative estimate of drug-likeness (QED) is 0.902. The first-order valence-electron chi connectivity index (χ1n) is 6.79. The van der Waals surface area contributed by atoms with E-state index in [1.165, 1.54) is 18.5 Å². The highest BCUT2D eigenvalue weighted by molar-refractivity contribution is 6.04. The van der Waals surface area contributed by atoms with Crippen molar-refractivity contribution in [2.24, 2.45) is 0 Å². The van der Waals surface area contributed by atoms with E-state index in [4.69, 9.17) is 9.47 Å². The molecule has 0 saturated carbocycles.